The van der Waals surface area contributed by atoms with Crippen LogP contribution in [0.5, 0.6) is 5.88 Å². The molecule has 1 saturated carbocycles. The zero-order valence-electron chi connectivity index (χ0n) is 8.53. The van der Waals surface area contributed by atoms with Gasteiger partial charge < -0.3 is 9.84 Å². The molecule has 15 heavy (non-hydrogen) atoms. The molecule has 5 heteroatoms. The number of rotatable bonds is 1. The second-order valence-corrected chi connectivity index (χ2v) is 5.80. The third-order valence-electron chi connectivity index (χ3n) is 2.85. The first kappa shape index (κ1) is 9.89. The van der Waals surface area contributed by atoms with E-state index in [-0.39, 0.29) is 0 Å². The molecule has 0 radical (unpaired) electrons. The number of hydrogen-bond acceptors (Lipinski definition) is 3. The lowest BCUT2D eigenvalue weighted by Crippen LogP contribution is -2.41. The summed E-state index contributed by atoms with van der Waals surface area (Å²) < 4.78 is 8.51. The Morgan fingerprint density at radius 2 is 2.33 bits per heavy atom. The second kappa shape index (κ2) is 3.10. The number of hydrogen-bond donors (Lipinski definition) is 1. The van der Waals surface area contributed by atoms with Gasteiger partial charge in [0.05, 0.1) is 15.8 Å². The molecule has 0 saturated heterocycles. The molecular weight excluding hydrogens is 307 g/mol. The molecule has 3 rings (SSSR count). The van der Waals surface area contributed by atoms with E-state index in [0.717, 1.165) is 15.1 Å². The minimum atomic E-state index is -0.789. The lowest BCUT2D eigenvalue weighted by atomic mass is 10.1. The Hall–Kier alpha value is -0.300. The van der Waals surface area contributed by atoms with Crippen molar-refractivity contribution in [3.05, 3.63) is 9.26 Å². The number of fused-ring (bicyclic) bond motifs is 1. The van der Waals surface area contributed by atoms with Crippen molar-refractivity contribution in [2.75, 3.05) is 6.61 Å². The Balaban J connectivity index is 2.01. The van der Waals surface area contributed by atoms with Crippen molar-refractivity contribution in [1.82, 2.24) is 9.78 Å². The van der Waals surface area contributed by atoms with Gasteiger partial charge in [-0.1, -0.05) is 0 Å². The smallest absolute Gasteiger partial charge is 0.226 e. The first-order valence-electron chi connectivity index (χ1n) is 5.18. The van der Waals surface area contributed by atoms with Crippen LogP contribution in [0.3, 0.4) is 0 Å². The second-order valence-electron chi connectivity index (χ2n) is 4.72. The fraction of sp³-hybridized carbons (Fsp3) is 0.700. The van der Waals surface area contributed by atoms with Gasteiger partial charge in [0.15, 0.2) is 0 Å². The molecule has 1 N–H and O–H groups in total. The number of aromatic nitrogens is 2. The molecule has 82 valence electrons. The van der Waals surface area contributed by atoms with Crippen LogP contribution in [0.25, 0.3) is 0 Å². The summed E-state index contributed by atoms with van der Waals surface area (Å²) in [5.41, 5.74) is 0.367. The van der Waals surface area contributed by atoms with Gasteiger partial charge in [-0.05, 0) is 42.4 Å². The van der Waals surface area contributed by atoms with Gasteiger partial charge in [-0.3, -0.25) is 0 Å². The zero-order valence-corrected chi connectivity index (χ0v) is 10.7. The van der Waals surface area contributed by atoms with Crippen molar-refractivity contribution in [3.63, 3.8) is 0 Å². The van der Waals surface area contributed by atoms with Crippen molar-refractivity contribution in [2.24, 2.45) is 0 Å². The van der Waals surface area contributed by atoms with Crippen molar-refractivity contribution in [3.8, 4) is 5.88 Å². The average molecular weight is 320 g/mol. The fourth-order valence-electron chi connectivity index (χ4n) is 1.90. The fourth-order valence-corrected chi connectivity index (χ4v) is 2.88. The van der Waals surface area contributed by atoms with Gasteiger partial charge in [0, 0.05) is 5.92 Å². The molecule has 0 spiro atoms. The summed E-state index contributed by atoms with van der Waals surface area (Å²) in [7, 11) is 0. The summed E-state index contributed by atoms with van der Waals surface area (Å²) in [6, 6.07) is 0. The molecule has 0 unspecified atom stereocenters. The maximum Gasteiger partial charge on any atom is 0.226 e. The first-order chi connectivity index (χ1) is 7.07. The van der Waals surface area contributed by atoms with Crippen LogP contribution < -0.4 is 4.74 Å². The van der Waals surface area contributed by atoms with E-state index in [1.165, 1.54) is 12.8 Å². The molecule has 0 bridgehead atoms. The predicted octanol–water partition coefficient (Wildman–Crippen LogP) is 1.51. The molecule has 0 amide bonds. The molecule has 1 fully saturated rings. The molecule has 1 atom stereocenters. The van der Waals surface area contributed by atoms with Gasteiger partial charge in [-0.25, -0.2) is 4.68 Å². The van der Waals surface area contributed by atoms with Gasteiger partial charge in [0.2, 0.25) is 5.88 Å². The van der Waals surface area contributed by atoms with E-state index >= 15 is 0 Å². The molecule has 4 nitrogen and oxygen atoms in total. The van der Waals surface area contributed by atoms with Crippen LogP contribution in [-0.4, -0.2) is 27.1 Å². The summed E-state index contributed by atoms with van der Waals surface area (Å²) >= 11 is 2.30. The van der Waals surface area contributed by atoms with E-state index in [9.17, 15) is 5.11 Å². The Kier molecular flexibility index (Phi) is 2.04. The highest BCUT2D eigenvalue weighted by Crippen LogP contribution is 2.44. The van der Waals surface area contributed by atoms with E-state index in [0.29, 0.717) is 19.1 Å². The lowest BCUT2D eigenvalue weighted by Gasteiger charge is -2.28. The largest absolute Gasteiger partial charge is 0.474 e. The van der Waals surface area contributed by atoms with Crippen LogP contribution in [0.1, 0.15) is 31.4 Å². The number of aliphatic hydroxyl groups is 1. The first-order valence-corrected chi connectivity index (χ1v) is 6.26. The van der Waals surface area contributed by atoms with Gasteiger partial charge in [-0.15, -0.1) is 0 Å². The highest BCUT2D eigenvalue weighted by Gasteiger charge is 2.36. The Morgan fingerprint density at radius 3 is 3.00 bits per heavy atom. The standard InChI is InChI=1S/C10H13IN2O2/c1-10(14)4-13-9(15-5-10)7(11)8(12-13)6-2-3-6/h6,14H,2-5H2,1H3/t10-/m0/s1. The maximum absolute atomic E-state index is 9.89. The summed E-state index contributed by atoms with van der Waals surface area (Å²) in [4.78, 5) is 0. The Bertz CT molecular complexity index is 410. The normalized spacial score (nSPS) is 29.8. The monoisotopic (exact) mass is 320 g/mol. The molecule has 2 heterocycles. The van der Waals surface area contributed by atoms with Gasteiger partial charge in [0.25, 0.3) is 0 Å². The number of halogens is 1. The molecule has 0 aromatic carbocycles. The topological polar surface area (TPSA) is 47.3 Å². The van der Waals surface area contributed by atoms with Crippen LogP contribution in [0.4, 0.5) is 0 Å². The lowest BCUT2D eigenvalue weighted by molar-refractivity contribution is -0.0316. The number of nitrogens with zero attached hydrogens (tertiary/aromatic N) is 2. The van der Waals surface area contributed by atoms with Crippen molar-refractivity contribution in [2.45, 2.75) is 37.8 Å². The molecular formula is C10H13IN2O2. The van der Waals surface area contributed by atoms with Crippen LogP contribution in [0.15, 0.2) is 0 Å². The van der Waals surface area contributed by atoms with Crippen LogP contribution in [0, 0.1) is 3.57 Å². The maximum atomic E-state index is 9.89. The minimum Gasteiger partial charge on any atom is -0.474 e. The highest BCUT2D eigenvalue weighted by molar-refractivity contribution is 14.1. The molecule has 1 aromatic heterocycles. The molecule has 2 aliphatic rings. The third-order valence-corrected chi connectivity index (χ3v) is 3.86. The Morgan fingerprint density at radius 1 is 1.60 bits per heavy atom. The minimum absolute atomic E-state index is 0.360. The van der Waals surface area contributed by atoms with E-state index in [1.807, 2.05) is 0 Å². The van der Waals surface area contributed by atoms with Gasteiger partial charge in [0.1, 0.15) is 12.2 Å². The zero-order chi connectivity index (χ0) is 10.6. The molecule has 1 aliphatic carbocycles. The molecule has 1 aliphatic heterocycles. The SMILES string of the molecule is C[C@@]1(O)COc2c(I)c(C3CC3)nn2C1. The summed E-state index contributed by atoms with van der Waals surface area (Å²) in [6.45, 7) is 2.67. The summed E-state index contributed by atoms with van der Waals surface area (Å²) in [5.74, 6) is 1.47. The highest BCUT2D eigenvalue weighted by atomic mass is 127. The van der Waals surface area contributed by atoms with Crippen molar-refractivity contribution in [1.29, 1.82) is 0 Å². The van der Waals surface area contributed by atoms with E-state index in [4.69, 9.17) is 4.74 Å². The van der Waals surface area contributed by atoms with Crippen molar-refractivity contribution < 1.29 is 9.84 Å². The Labute approximate surface area is 102 Å². The van der Waals surface area contributed by atoms with Crippen molar-refractivity contribution >= 4 is 22.6 Å². The van der Waals surface area contributed by atoms with Crippen LogP contribution >= 0.6 is 22.6 Å². The predicted molar refractivity (Wildman–Crippen MR) is 63.0 cm³/mol. The van der Waals surface area contributed by atoms with Crippen LogP contribution in [-0.2, 0) is 6.54 Å². The van der Waals surface area contributed by atoms with Crippen LogP contribution in [0.2, 0.25) is 0 Å². The third kappa shape index (κ3) is 1.65. The summed E-state index contributed by atoms with van der Waals surface area (Å²) in [5, 5.41) is 14.4. The summed E-state index contributed by atoms with van der Waals surface area (Å²) in [6.07, 6.45) is 2.48. The van der Waals surface area contributed by atoms with Gasteiger partial charge >= 0.3 is 0 Å². The molecule has 1 aromatic rings. The van der Waals surface area contributed by atoms with E-state index < -0.39 is 5.60 Å². The quantitative estimate of drug-likeness (QED) is 0.798. The average Bonchev–Trinajstić information content (AvgIpc) is 2.92. The number of ether oxygens (including phenoxy) is 1. The van der Waals surface area contributed by atoms with E-state index in [1.54, 1.807) is 11.6 Å². The van der Waals surface area contributed by atoms with Gasteiger partial charge in [-0.2, -0.15) is 5.10 Å². The van der Waals surface area contributed by atoms with E-state index in [2.05, 4.69) is 27.7 Å².